The van der Waals surface area contributed by atoms with Crippen LogP contribution in [0, 0.1) is 0 Å². The summed E-state index contributed by atoms with van der Waals surface area (Å²) in [6.07, 6.45) is 0.604. The zero-order chi connectivity index (χ0) is 20.8. The van der Waals surface area contributed by atoms with Gasteiger partial charge < -0.3 is 19.5 Å². The number of rotatable bonds is 8. The number of ether oxygens (including phenoxy) is 2. The number of nitrogens with zero attached hydrogens (tertiary/aromatic N) is 1. The molecule has 152 valence electrons. The van der Waals surface area contributed by atoms with Crippen molar-refractivity contribution < 1.29 is 24.2 Å². The second-order valence-electron chi connectivity index (χ2n) is 6.68. The van der Waals surface area contributed by atoms with E-state index in [0.717, 1.165) is 5.56 Å². The third kappa shape index (κ3) is 4.32. The van der Waals surface area contributed by atoms with Crippen LogP contribution in [-0.4, -0.2) is 48.6 Å². The smallest absolute Gasteiger partial charge is 0.295 e. The number of Topliss-reactive ketones (excluding diaryl/α,β-unsaturated/α-hetero) is 1. The van der Waals surface area contributed by atoms with E-state index in [4.69, 9.17) is 9.47 Å². The number of aliphatic hydroxyl groups excluding tert-OH is 1. The topological polar surface area (TPSA) is 76.1 Å². The highest BCUT2D eigenvalue weighted by Crippen LogP contribution is 2.39. The molecule has 29 heavy (non-hydrogen) atoms. The minimum Gasteiger partial charge on any atom is -0.507 e. The highest BCUT2D eigenvalue weighted by Gasteiger charge is 2.45. The SMILES string of the molecule is CCOCCCN1C(=O)C(=O)C(=C(O)c2ccc(OC)cc2)[C@@H]1c1ccccc1. The molecule has 0 aliphatic carbocycles. The van der Waals surface area contributed by atoms with Crippen molar-refractivity contribution >= 4 is 17.4 Å². The monoisotopic (exact) mass is 395 g/mol. The molecule has 0 aromatic heterocycles. The zero-order valence-corrected chi connectivity index (χ0v) is 16.6. The molecule has 1 saturated heterocycles. The first-order chi connectivity index (χ1) is 14.1. The fraction of sp³-hybridized carbons (Fsp3) is 0.304. The maximum atomic E-state index is 12.9. The Bertz CT molecular complexity index is 889. The third-order valence-electron chi connectivity index (χ3n) is 4.91. The van der Waals surface area contributed by atoms with Crippen molar-refractivity contribution in [2.24, 2.45) is 0 Å². The number of ketones is 1. The van der Waals surface area contributed by atoms with E-state index < -0.39 is 17.7 Å². The Morgan fingerprint density at radius 2 is 1.76 bits per heavy atom. The molecule has 6 heteroatoms. The molecule has 1 atom stereocenters. The molecule has 0 bridgehead atoms. The Hall–Kier alpha value is -3.12. The number of aliphatic hydroxyl groups is 1. The molecule has 3 rings (SSSR count). The standard InChI is InChI=1S/C23H25NO5/c1-3-29-15-7-14-24-20(16-8-5-4-6-9-16)19(22(26)23(24)27)21(25)17-10-12-18(28-2)13-11-17/h4-6,8-13,20,25H,3,7,14-15H2,1-2H3/t20-/m0/s1. The Balaban J connectivity index is 2.02. The van der Waals surface area contributed by atoms with Gasteiger partial charge in [0, 0.05) is 25.3 Å². The second kappa shape index (κ2) is 9.39. The lowest BCUT2D eigenvalue weighted by Gasteiger charge is -2.25. The molecule has 0 saturated carbocycles. The summed E-state index contributed by atoms with van der Waals surface area (Å²) in [5, 5.41) is 10.9. The Morgan fingerprint density at radius 3 is 2.38 bits per heavy atom. The molecule has 1 aliphatic rings. The van der Waals surface area contributed by atoms with Crippen molar-refractivity contribution in [3.63, 3.8) is 0 Å². The van der Waals surface area contributed by atoms with Crippen LogP contribution < -0.4 is 4.74 Å². The summed E-state index contributed by atoms with van der Waals surface area (Å²) >= 11 is 0. The predicted octanol–water partition coefficient (Wildman–Crippen LogP) is 3.54. The summed E-state index contributed by atoms with van der Waals surface area (Å²) < 4.78 is 10.5. The van der Waals surface area contributed by atoms with E-state index in [-0.39, 0.29) is 11.3 Å². The first kappa shape index (κ1) is 20.6. The van der Waals surface area contributed by atoms with Gasteiger partial charge in [-0.15, -0.1) is 0 Å². The number of carbonyl (C=O) groups is 2. The molecular formula is C23H25NO5. The van der Waals surface area contributed by atoms with Crippen molar-refractivity contribution in [2.75, 3.05) is 26.9 Å². The number of hydrogen-bond donors (Lipinski definition) is 1. The fourth-order valence-electron chi connectivity index (χ4n) is 3.48. The molecule has 1 fully saturated rings. The molecule has 0 radical (unpaired) electrons. The summed E-state index contributed by atoms with van der Waals surface area (Å²) in [4.78, 5) is 27.2. The van der Waals surface area contributed by atoms with Crippen LogP contribution in [-0.2, 0) is 14.3 Å². The Labute approximate surface area is 170 Å². The number of benzene rings is 2. The molecule has 1 heterocycles. The highest BCUT2D eigenvalue weighted by atomic mass is 16.5. The molecule has 1 N–H and O–H groups in total. The van der Waals surface area contributed by atoms with Gasteiger partial charge in [-0.05, 0) is 43.2 Å². The normalized spacial score (nSPS) is 18.3. The summed E-state index contributed by atoms with van der Waals surface area (Å²) in [5.41, 5.74) is 1.33. The van der Waals surface area contributed by atoms with Crippen LogP contribution in [0.25, 0.3) is 5.76 Å². The number of carbonyl (C=O) groups excluding carboxylic acids is 2. The van der Waals surface area contributed by atoms with Gasteiger partial charge in [0.05, 0.1) is 18.7 Å². The van der Waals surface area contributed by atoms with E-state index in [9.17, 15) is 14.7 Å². The van der Waals surface area contributed by atoms with Crippen LogP contribution in [0.15, 0.2) is 60.2 Å². The van der Waals surface area contributed by atoms with E-state index in [2.05, 4.69) is 0 Å². The average Bonchev–Trinajstić information content (AvgIpc) is 3.01. The van der Waals surface area contributed by atoms with Gasteiger partial charge in [0.15, 0.2) is 0 Å². The van der Waals surface area contributed by atoms with Crippen molar-refractivity contribution in [1.29, 1.82) is 0 Å². The van der Waals surface area contributed by atoms with E-state index in [1.807, 2.05) is 37.3 Å². The van der Waals surface area contributed by atoms with Crippen LogP contribution in [0.2, 0.25) is 0 Å². The summed E-state index contributed by atoms with van der Waals surface area (Å²) in [6, 6.07) is 15.4. The second-order valence-corrected chi connectivity index (χ2v) is 6.68. The molecular weight excluding hydrogens is 370 g/mol. The predicted molar refractivity (Wildman–Crippen MR) is 110 cm³/mol. The van der Waals surface area contributed by atoms with E-state index in [0.29, 0.717) is 37.5 Å². The summed E-state index contributed by atoms with van der Waals surface area (Å²) in [7, 11) is 1.55. The van der Waals surface area contributed by atoms with Crippen LogP contribution in [0.3, 0.4) is 0 Å². The van der Waals surface area contributed by atoms with Crippen molar-refractivity contribution in [3.8, 4) is 5.75 Å². The lowest BCUT2D eigenvalue weighted by Crippen LogP contribution is -2.31. The molecule has 0 spiro atoms. The molecule has 2 aromatic carbocycles. The highest BCUT2D eigenvalue weighted by molar-refractivity contribution is 6.46. The fourth-order valence-corrected chi connectivity index (χ4v) is 3.48. The first-order valence-electron chi connectivity index (χ1n) is 9.64. The molecule has 1 amide bonds. The van der Waals surface area contributed by atoms with Crippen molar-refractivity contribution in [1.82, 2.24) is 4.90 Å². The Morgan fingerprint density at radius 1 is 1.07 bits per heavy atom. The first-order valence-corrected chi connectivity index (χ1v) is 9.64. The number of hydrogen-bond acceptors (Lipinski definition) is 5. The molecule has 2 aromatic rings. The van der Waals surface area contributed by atoms with Gasteiger partial charge in [-0.25, -0.2) is 0 Å². The van der Waals surface area contributed by atoms with Crippen LogP contribution in [0.4, 0.5) is 0 Å². The largest absolute Gasteiger partial charge is 0.507 e. The lowest BCUT2D eigenvalue weighted by molar-refractivity contribution is -0.140. The van der Waals surface area contributed by atoms with Crippen LogP contribution in [0.5, 0.6) is 5.75 Å². The van der Waals surface area contributed by atoms with Gasteiger partial charge in [0.2, 0.25) is 0 Å². The van der Waals surface area contributed by atoms with Gasteiger partial charge in [-0.2, -0.15) is 0 Å². The number of likely N-dealkylation sites (tertiary alicyclic amines) is 1. The zero-order valence-electron chi connectivity index (χ0n) is 16.6. The molecule has 6 nitrogen and oxygen atoms in total. The number of amides is 1. The van der Waals surface area contributed by atoms with Gasteiger partial charge in [0.1, 0.15) is 11.5 Å². The minimum atomic E-state index is -0.677. The minimum absolute atomic E-state index is 0.0998. The number of methoxy groups -OCH3 is 1. The van der Waals surface area contributed by atoms with E-state index in [1.165, 1.54) is 4.90 Å². The maximum absolute atomic E-state index is 12.9. The van der Waals surface area contributed by atoms with Crippen LogP contribution >= 0.6 is 0 Å². The van der Waals surface area contributed by atoms with E-state index >= 15 is 0 Å². The average molecular weight is 395 g/mol. The van der Waals surface area contributed by atoms with Crippen molar-refractivity contribution in [2.45, 2.75) is 19.4 Å². The summed E-state index contributed by atoms with van der Waals surface area (Å²) in [5.74, 6) is -0.835. The maximum Gasteiger partial charge on any atom is 0.295 e. The lowest BCUT2D eigenvalue weighted by atomic mass is 9.95. The molecule has 1 aliphatic heterocycles. The quantitative estimate of drug-likeness (QED) is 0.320. The molecule has 0 unspecified atom stereocenters. The Kier molecular flexibility index (Phi) is 6.67. The van der Waals surface area contributed by atoms with Crippen molar-refractivity contribution in [3.05, 3.63) is 71.3 Å². The van der Waals surface area contributed by atoms with Gasteiger partial charge in [0.25, 0.3) is 11.7 Å². The van der Waals surface area contributed by atoms with Gasteiger partial charge in [-0.1, -0.05) is 30.3 Å². The summed E-state index contributed by atoms with van der Waals surface area (Å²) in [6.45, 7) is 3.37. The van der Waals surface area contributed by atoms with Crippen LogP contribution in [0.1, 0.15) is 30.5 Å². The van der Waals surface area contributed by atoms with Gasteiger partial charge in [-0.3, -0.25) is 9.59 Å². The van der Waals surface area contributed by atoms with Gasteiger partial charge >= 0.3 is 0 Å². The third-order valence-corrected chi connectivity index (χ3v) is 4.91. The van der Waals surface area contributed by atoms with E-state index in [1.54, 1.807) is 31.4 Å².